The molecule has 0 aliphatic rings. The highest BCUT2D eigenvalue weighted by molar-refractivity contribution is 8.60. The normalized spacial score (nSPS) is 12.1. The van der Waals surface area contributed by atoms with Gasteiger partial charge in [-0.1, -0.05) is 66.7 Å². The molecule has 0 heterocycles. The van der Waals surface area contributed by atoms with Crippen molar-refractivity contribution in [3.8, 4) is 5.69 Å². The van der Waals surface area contributed by atoms with E-state index in [0.29, 0.717) is 5.03 Å². The molecule has 0 atom stereocenters. The molecule has 1 aromatic rings. The Morgan fingerprint density at radius 1 is 1.40 bits per heavy atom. The Bertz CT molecular complexity index is 642. The third-order valence-electron chi connectivity index (χ3n) is 2.68. The van der Waals surface area contributed by atoms with Crippen molar-refractivity contribution < 1.29 is 0 Å². The van der Waals surface area contributed by atoms with Crippen LogP contribution >= 0.6 is 23.3 Å². The molecule has 1 aromatic carbocycles. The Hall–Kier alpha value is -1.05. The second kappa shape index (κ2) is 8.28. The second-order valence-electron chi connectivity index (χ2n) is 4.38. The van der Waals surface area contributed by atoms with E-state index >= 15 is 0 Å². The van der Waals surface area contributed by atoms with Gasteiger partial charge in [0.25, 0.3) is 0 Å². The van der Waals surface area contributed by atoms with Crippen LogP contribution in [0.5, 0.6) is 0 Å². The van der Waals surface area contributed by atoms with E-state index < -0.39 is 9.33 Å². The highest BCUT2D eigenvalue weighted by atomic mass is 35.5. The first-order chi connectivity index (χ1) is 9.40. The Kier molecular flexibility index (Phi) is 7.04. The van der Waals surface area contributed by atoms with Crippen LogP contribution in [0.1, 0.15) is 18.9 Å². The maximum Gasteiger partial charge on any atom is 0.0334 e. The summed E-state index contributed by atoms with van der Waals surface area (Å²) in [6, 6.07) is 8.03. The first kappa shape index (κ1) is 17.0. The summed E-state index contributed by atoms with van der Waals surface area (Å²) in [6.07, 6.45) is 6.59. The lowest BCUT2D eigenvalue weighted by atomic mass is 10.0. The molecule has 1 rings (SSSR count). The fraction of sp³-hybridized carbons (Fsp3) is 0.118. The maximum absolute atomic E-state index is 5.79. The van der Waals surface area contributed by atoms with Gasteiger partial charge in [-0.25, -0.2) is 0 Å². The van der Waals surface area contributed by atoms with E-state index in [9.17, 15) is 0 Å². The average Bonchev–Trinajstić information content (AvgIpc) is 2.42. The van der Waals surface area contributed by atoms with Crippen molar-refractivity contribution in [2.24, 2.45) is 0 Å². The monoisotopic (exact) mass is 321 g/mol. The van der Waals surface area contributed by atoms with E-state index in [1.807, 2.05) is 37.3 Å². The maximum atomic E-state index is 5.79. The van der Waals surface area contributed by atoms with Gasteiger partial charge in [-0.15, -0.1) is 4.90 Å². The van der Waals surface area contributed by atoms with E-state index in [1.54, 1.807) is 6.08 Å². The van der Waals surface area contributed by atoms with Gasteiger partial charge in [0, 0.05) is 5.03 Å². The number of halogens is 1. The van der Waals surface area contributed by atoms with Gasteiger partial charge < -0.3 is 15.0 Å². The highest BCUT2D eigenvalue weighted by Crippen LogP contribution is 2.21. The molecule has 0 radical (unpaired) electrons. The molecule has 0 aliphatic heterocycles. The van der Waals surface area contributed by atoms with Crippen LogP contribution in [0.15, 0.2) is 71.2 Å². The van der Waals surface area contributed by atoms with Crippen molar-refractivity contribution in [3.63, 3.8) is 0 Å². The third-order valence-corrected chi connectivity index (χ3v) is 4.18. The quantitative estimate of drug-likeness (QED) is 0.303. The van der Waals surface area contributed by atoms with Crippen LogP contribution in [-0.4, -0.2) is 0 Å². The minimum atomic E-state index is -0.524. The van der Waals surface area contributed by atoms with Crippen LogP contribution in [0, 0.1) is 5.69 Å². The summed E-state index contributed by atoms with van der Waals surface area (Å²) in [5, 5.41) is 0.521. The van der Waals surface area contributed by atoms with Crippen LogP contribution in [0.3, 0.4) is 0 Å². The van der Waals surface area contributed by atoms with Crippen molar-refractivity contribution in [1.29, 1.82) is 0 Å². The summed E-state index contributed by atoms with van der Waals surface area (Å²) in [5.74, 6) is 0. The summed E-state index contributed by atoms with van der Waals surface area (Å²) in [4.78, 5) is 1.02. The topological polar surface area (TPSA) is 0 Å². The SMILES string of the molecule is C#[S-](S)c1cccc(C(=C)C/C=C(C)\C=C/C(=C)Cl)c1. The summed E-state index contributed by atoms with van der Waals surface area (Å²) in [6.45, 7) is 9.75. The molecule has 0 saturated heterocycles. The molecular weight excluding hydrogens is 304 g/mol. The standard InChI is InChI=1S/C17H18ClS2/c1-13(9-11-15(3)18)8-10-14(2)16-6-5-7-17(12-16)20(4)19/h4-9,11-12,19H,2-3,10H2,1H3/q-1/b11-9-,13-8-. The summed E-state index contributed by atoms with van der Waals surface area (Å²) in [5.41, 5.74) is 9.05. The van der Waals surface area contributed by atoms with Crippen LogP contribution in [0.4, 0.5) is 0 Å². The fourth-order valence-electron chi connectivity index (χ4n) is 1.54. The van der Waals surface area contributed by atoms with Crippen molar-refractivity contribution in [3.05, 3.63) is 71.8 Å². The number of rotatable bonds is 5. The molecule has 0 fully saturated rings. The molecule has 0 aromatic heterocycles. The number of allylic oxidation sites excluding steroid dienone is 6. The zero-order chi connectivity index (χ0) is 15.1. The van der Waals surface area contributed by atoms with Gasteiger partial charge in [0.1, 0.15) is 0 Å². The first-order valence-electron chi connectivity index (χ1n) is 6.05. The predicted molar refractivity (Wildman–Crippen MR) is 97.5 cm³/mol. The van der Waals surface area contributed by atoms with Crippen molar-refractivity contribution >= 4 is 38.2 Å². The van der Waals surface area contributed by atoms with Gasteiger partial charge in [-0.3, -0.25) is 11.7 Å². The van der Waals surface area contributed by atoms with Gasteiger partial charge >= 0.3 is 0 Å². The van der Waals surface area contributed by atoms with Gasteiger partial charge in [-0.05, 0) is 30.6 Å². The van der Waals surface area contributed by atoms with Crippen LogP contribution in [0.2, 0.25) is 0 Å². The van der Waals surface area contributed by atoms with Gasteiger partial charge in [0.05, 0.1) is 0 Å². The minimum Gasteiger partial charge on any atom is -0.378 e. The first-order valence-corrected chi connectivity index (χ1v) is 8.77. The molecule has 0 amide bonds. The second-order valence-corrected chi connectivity index (χ2v) is 7.14. The van der Waals surface area contributed by atoms with E-state index in [2.05, 4.69) is 30.9 Å². The predicted octanol–water partition coefficient (Wildman–Crippen LogP) is 5.76. The largest absolute Gasteiger partial charge is 0.378 e. The molecule has 0 N–H and O–H groups in total. The van der Waals surface area contributed by atoms with Crippen molar-refractivity contribution in [2.45, 2.75) is 18.2 Å². The van der Waals surface area contributed by atoms with Crippen molar-refractivity contribution in [1.82, 2.24) is 0 Å². The zero-order valence-corrected chi connectivity index (χ0v) is 13.9. The number of thiol groups is 1. The average molecular weight is 322 g/mol. The molecular formula is C17H18ClS2-. The van der Waals surface area contributed by atoms with Gasteiger partial charge in [-0.2, -0.15) is 0 Å². The summed E-state index contributed by atoms with van der Waals surface area (Å²) in [7, 11) is -0.524. The Morgan fingerprint density at radius 2 is 2.10 bits per heavy atom. The number of hydrogen-bond donors (Lipinski definition) is 1. The lowest BCUT2D eigenvalue weighted by molar-refractivity contribution is 1.32. The minimum absolute atomic E-state index is 0.521. The van der Waals surface area contributed by atoms with E-state index in [1.165, 1.54) is 0 Å². The Morgan fingerprint density at radius 3 is 2.70 bits per heavy atom. The highest BCUT2D eigenvalue weighted by Gasteiger charge is 1.97. The van der Waals surface area contributed by atoms with Gasteiger partial charge in [0.2, 0.25) is 0 Å². The molecule has 0 saturated carbocycles. The fourth-order valence-corrected chi connectivity index (χ4v) is 2.41. The van der Waals surface area contributed by atoms with Crippen molar-refractivity contribution in [2.75, 3.05) is 0 Å². The Labute approximate surface area is 133 Å². The molecule has 106 valence electrons. The summed E-state index contributed by atoms with van der Waals surface area (Å²) < 4.78 is 0. The van der Waals surface area contributed by atoms with E-state index in [0.717, 1.165) is 28.0 Å². The zero-order valence-electron chi connectivity index (χ0n) is 11.5. The molecule has 0 spiro atoms. The van der Waals surface area contributed by atoms with Gasteiger partial charge in [0.15, 0.2) is 0 Å². The molecule has 20 heavy (non-hydrogen) atoms. The lowest BCUT2D eigenvalue weighted by Gasteiger charge is -2.13. The molecule has 3 heteroatoms. The molecule has 0 unspecified atom stereocenters. The van der Waals surface area contributed by atoms with Crippen LogP contribution in [0.25, 0.3) is 5.57 Å². The van der Waals surface area contributed by atoms with E-state index in [-0.39, 0.29) is 0 Å². The summed E-state index contributed by atoms with van der Waals surface area (Å²) >= 11 is 9.95. The molecule has 0 bridgehead atoms. The Balaban J connectivity index is 2.77. The van der Waals surface area contributed by atoms with E-state index in [4.69, 9.17) is 17.3 Å². The smallest absolute Gasteiger partial charge is 0.0334 e. The number of benzene rings is 1. The van der Waals surface area contributed by atoms with Crippen LogP contribution < -0.4 is 0 Å². The third kappa shape index (κ3) is 5.94. The molecule has 0 nitrogen and oxygen atoms in total. The number of hydrogen-bond acceptors (Lipinski definition) is 2. The van der Waals surface area contributed by atoms with Crippen LogP contribution in [-0.2, 0) is 9.33 Å². The lowest BCUT2D eigenvalue weighted by Crippen LogP contribution is -1.85. The molecule has 0 aliphatic carbocycles.